The van der Waals surface area contributed by atoms with Gasteiger partial charge in [-0.05, 0) is 25.7 Å². The van der Waals surface area contributed by atoms with Gasteiger partial charge >= 0.3 is 6.03 Å². The highest BCUT2D eigenvalue weighted by Crippen LogP contribution is 2.52. The highest BCUT2D eigenvalue weighted by Gasteiger charge is 2.57. The van der Waals surface area contributed by atoms with Crippen LogP contribution < -0.4 is 5.56 Å². The SMILES string of the molecule is O=C(N1CCC(O)(Cn2cnc(-c3ccccc3)cc2=O)C2(CCCC2)C1)N1CCOC2CC21. The van der Waals surface area contributed by atoms with E-state index in [1.807, 2.05) is 40.1 Å². The van der Waals surface area contributed by atoms with E-state index in [1.54, 1.807) is 17.0 Å². The Morgan fingerprint density at radius 3 is 2.71 bits per heavy atom. The minimum absolute atomic E-state index is 0.0789. The van der Waals surface area contributed by atoms with Crippen molar-refractivity contribution in [3.63, 3.8) is 0 Å². The molecule has 8 nitrogen and oxygen atoms in total. The first-order valence-corrected chi connectivity index (χ1v) is 12.5. The van der Waals surface area contributed by atoms with Crippen LogP contribution in [0.1, 0.15) is 38.5 Å². The van der Waals surface area contributed by atoms with E-state index in [9.17, 15) is 14.7 Å². The monoisotopic (exact) mass is 464 g/mol. The zero-order valence-corrected chi connectivity index (χ0v) is 19.4. The van der Waals surface area contributed by atoms with Crippen LogP contribution in [0.3, 0.4) is 0 Å². The molecule has 2 saturated carbocycles. The molecule has 3 heterocycles. The maximum atomic E-state index is 13.4. The van der Waals surface area contributed by atoms with Gasteiger partial charge in [0, 0.05) is 36.7 Å². The van der Waals surface area contributed by atoms with Crippen LogP contribution in [-0.2, 0) is 11.3 Å². The number of morpholine rings is 1. The topological polar surface area (TPSA) is 87.9 Å². The molecule has 8 heteroatoms. The van der Waals surface area contributed by atoms with Gasteiger partial charge in [-0.1, -0.05) is 43.2 Å². The summed E-state index contributed by atoms with van der Waals surface area (Å²) in [6.45, 7) is 2.49. The average molecular weight is 465 g/mol. The van der Waals surface area contributed by atoms with Crippen LogP contribution in [0.2, 0.25) is 0 Å². The lowest BCUT2D eigenvalue weighted by Crippen LogP contribution is -2.64. The molecule has 2 aliphatic carbocycles. The summed E-state index contributed by atoms with van der Waals surface area (Å²) in [6.07, 6.45) is 6.97. The molecule has 3 atom stereocenters. The van der Waals surface area contributed by atoms with Crippen molar-refractivity contribution in [2.45, 2.75) is 62.8 Å². The number of nitrogens with zero attached hydrogens (tertiary/aromatic N) is 4. The van der Waals surface area contributed by atoms with E-state index in [4.69, 9.17) is 4.74 Å². The Labute approximate surface area is 199 Å². The Kier molecular flexibility index (Phi) is 5.26. The maximum absolute atomic E-state index is 13.4. The predicted octanol–water partition coefficient (Wildman–Crippen LogP) is 2.50. The number of aromatic nitrogens is 2. The van der Waals surface area contributed by atoms with E-state index in [0.29, 0.717) is 38.4 Å². The van der Waals surface area contributed by atoms with Crippen LogP contribution in [0.25, 0.3) is 11.3 Å². The molecular weight excluding hydrogens is 432 g/mol. The normalized spacial score (nSPS) is 29.8. The van der Waals surface area contributed by atoms with Gasteiger partial charge in [-0.3, -0.25) is 9.36 Å². The summed E-state index contributed by atoms with van der Waals surface area (Å²) in [4.78, 5) is 34.8. The fourth-order valence-corrected chi connectivity index (χ4v) is 6.41. The van der Waals surface area contributed by atoms with Gasteiger partial charge in [-0.2, -0.15) is 0 Å². The van der Waals surface area contributed by atoms with E-state index in [2.05, 4.69) is 4.98 Å². The second kappa shape index (κ2) is 8.20. The van der Waals surface area contributed by atoms with Crippen LogP contribution in [-0.4, -0.2) is 74.5 Å². The molecule has 180 valence electrons. The third kappa shape index (κ3) is 3.64. The number of aliphatic hydroxyl groups is 1. The van der Waals surface area contributed by atoms with Gasteiger partial charge in [-0.25, -0.2) is 9.78 Å². The van der Waals surface area contributed by atoms with Gasteiger partial charge in [0.15, 0.2) is 0 Å². The molecule has 1 N–H and O–H groups in total. The Morgan fingerprint density at radius 2 is 1.94 bits per heavy atom. The molecule has 3 unspecified atom stereocenters. The largest absolute Gasteiger partial charge is 0.387 e. The van der Waals surface area contributed by atoms with E-state index in [0.717, 1.165) is 37.7 Å². The molecule has 2 aliphatic heterocycles. The number of hydrogen-bond acceptors (Lipinski definition) is 5. The molecule has 1 spiro atoms. The number of ether oxygens (including phenoxy) is 1. The van der Waals surface area contributed by atoms with Crippen molar-refractivity contribution in [3.8, 4) is 11.3 Å². The Balaban J connectivity index is 1.23. The van der Waals surface area contributed by atoms with Gasteiger partial charge in [0.05, 0.1) is 42.9 Å². The molecule has 1 aromatic carbocycles. The summed E-state index contributed by atoms with van der Waals surface area (Å²) >= 11 is 0. The molecule has 2 saturated heterocycles. The summed E-state index contributed by atoms with van der Waals surface area (Å²) in [5.41, 5.74) is -0.0813. The smallest absolute Gasteiger partial charge is 0.320 e. The lowest BCUT2D eigenvalue weighted by Gasteiger charge is -2.53. The first kappa shape index (κ1) is 21.8. The van der Waals surface area contributed by atoms with Crippen molar-refractivity contribution in [1.82, 2.24) is 19.4 Å². The van der Waals surface area contributed by atoms with Crippen molar-refractivity contribution in [2.75, 3.05) is 26.2 Å². The van der Waals surface area contributed by atoms with Gasteiger partial charge in [-0.15, -0.1) is 0 Å². The average Bonchev–Trinajstić information content (AvgIpc) is 3.51. The summed E-state index contributed by atoms with van der Waals surface area (Å²) in [7, 11) is 0. The van der Waals surface area contributed by atoms with Crippen molar-refractivity contribution in [3.05, 3.63) is 53.1 Å². The number of benzene rings is 1. The minimum atomic E-state index is -1.05. The number of fused-ring (bicyclic) bond motifs is 1. The third-order valence-electron chi connectivity index (χ3n) is 8.50. The third-order valence-corrected chi connectivity index (χ3v) is 8.50. The molecule has 6 rings (SSSR count). The van der Waals surface area contributed by atoms with Crippen LogP contribution in [0.4, 0.5) is 4.79 Å². The predicted molar refractivity (Wildman–Crippen MR) is 126 cm³/mol. The number of likely N-dealkylation sites (tertiary alicyclic amines) is 1. The first-order valence-electron chi connectivity index (χ1n) is 12.5. The number of hydrogen-bond donors (Lipinski definition) is 1. The van der Waals surface area contributed by atoms with Gasteiger partial charge in [0.25, 0.3) is 5.56 Å². The number of carbonyl (C=O) groups is 1. The standard InChI is InChI=1S/C26H32N4O4/c31-23-14-20(19-6-2-1-3-7-19)27-18-29(23)17-26(33)10-11-28(16-25(26)8-4-5-9-25)24(32)30-12-13-34-22-15-21(22)30/h1-3,6-7,14,18,21-22,33H,4-5,8-13,15-17H2. The minimum Gasteiger partial charge on any atom is -0.387 e. The fraction of sp³-hybridized carbons (Fsp3) is 0.577. The van der Waals surface area contributed by atoms with Gasteiger partial charge in [0.1, 0.15) is 0 Å². The lowest BCUT2D eigenvalue weighted by atomic mass is 9.66. The van der Waals surface area contributed by atoms with Gasteiger partial charge in [0.2, 0.25) is 0 Å². The fourth-order valence-electron chi connectivity index (χ4n) is 6.41. The second-order valence-corrected chi connectivity index (χ2v) is 10.5. The molecule has 2 amide bonds. The van der Waals surface area contributed by atoms with Crippen molar-refractivity contribution in [1.29, 1.82) is 0 Å². The summed E-state index contributed by atoms with van der Waals surface area (Å²) in [5, 5.41) is 12.0. The number of rotatable bonds is 3. The molecule has 4 aliphatic rings. The number of amides is 2. The van der Waals surface area contributed by atoms with E-state index < -0.39 is 11.0 Å². The lowest BCUT2D eigenvalue weighted by molar-refractivity contribution is -0.137. The van der Waals surface area contributed by atoms with Crippen LogP contribution in [0, 0.1) is 5.41 Å². The van der Waals surface area contributed by atoms with Gasteiger partial charge < -0.3 is 19.6 Å². The zero-order valence-electron chi connectivity index (χ0n) is 19.4. The number of urea groups is 1. The maximum Gasteiger partial charge on any atom is 0.320 e. The molecule has 4 fully saturated rings. The van der Waals surface area contributed by atoms with Crippen LogP contribution in [0.15, 0.2) is 47.5 Å². The van der Waals surface area contributed by atoms with Crippen LogP contribution in [0.5, 0.6) is 0 Å². The number of piperidine rings is 1. The van der Waals surface area contributed by atoms with E-state index >= 15 is 0 Å². The summed E-state index contributed by atoms with van der Waals surface area (Å²) in [6, 6.07) is 11.5. The molecule has 0 bridgehead atoms. The van der Waals surface area contributed by atoms with Crippen molar-refractivity contribution in [2.24, 2.45) is 5.41 Å². The Bertz CT molecular complexity index is 1130. The number of carbonyl (C=O) groups excluding carboxylic acids is 1. The molecule has 2 aromatic rings. The second-order valence-electron chi connectivity index (χ2n) is 10.5. The zero-order chi connectivity index (χ0) is 23.3. The van der Waals surface area contributed by atoms with Crippen molar-refractivity contribution >= 4 is 6.03 Å². The molecular formula is C26H32N4O4. The highest BCUT2D eigenvalue weighted by atomic mass is 16.5. The van der Waals surface area contributed by atoms with Crippen molar-refractivity contribution < 1.29 is 14.6 Å². The van der Waals surface area contributed by atoms with E-state index in [1.165, 1.54) is 0 Å². The molecule has 34 heavy (non-hydrogen) atoms. The Hall–Kier alpha value is -2.71. The Morgan fingerprint density at radius 1 is 1.15 bits per heavy atom. The molecule has 1 aromatic heterocycles. The quantitative estimate of drug-likeness (QED) is 0.754. The summed E-state index contributed by atoms with van der Waals surface area (Å²) < 4.78 is 7.21. The first-order chi connectivity index (χ1) is 16.5. The highest BCUT2D eigenvalue weighted by molar-refractivity contribution is 5.76. The van der Waals surface area contributed by atoms with E-state index in [-0.39, 0.29) is 30.3 Å². The molecule has 0 radical (unpaired) electrons. The summed E-state index contributed by atoms with van der Waals surface area (Å²) in [5.74, 6) is 0. The van der Waals surface area contributed by atoms with Crippen LogP contribution >= 0.6 is 0 Å².